The van der Waals surface area contributed by atoms with Crippen LogP contribution < -0.4 is 0 Å². The van der Waals surface area contributed by atoms with E-state index in [1.807, 2.05) is 6.07 Å². The van der Waals surface area contributed by atoms with Crippen molar-refractivity contribution in [1.29, 1.82) is 0 Å². The van der Waals surface area contributed by atoms with Gasteiger partial charge in [0, 0.05) is 9.35 Å². The highest BCUT2D eigenvalue weighted by Gasteiger charge is 2.13. The summed E-state index contributed by atoms with van der Waals surface area (Å²) in [5.41, 5.74) is 1.00. The molecule has 0 unspecified atom stereocenters. The Morgan fingerprint density at radius 2 is 2.18 bits per heavy atom. The minimum atomic E-state index is 0.537. The molecule has 0 aromatic carbocycles. The number of thiophene rings is 1. The van der Waals surface area contributed by atoms with Crippen LogP contribution in [0.4, 0.5) is 0 Å². The molecule has 0 amide bonds. The molecule has 0 N–H and O–H groups in total. The molecular weight excluding hydrogens is 434 g/mol. The van der Waals surface area contributed by atoms with E-state index in [0.717, 1.165) is 25.0 Å². The summed E-state index contributed by atoms with van der Waals surface area (Å²) >= 11 is 13.5. The number of nitrogens with zero attached hydrogens (tertiary/aromatic N) is 2. The SMILES string of the molecule is CCc1nc(-c2cc(Br)c(C)s2)nc(Cl)c1I. The van der Waals surface area contributed by atoms with Crippen molar-refractivity contribution in [1.82, 2.24) is 9.97 Å². The second-order valence-corrected chi connectivity index (χ2v) is 7.01. The van der Waals surface area contributed by atoms with Crippen molar-refractivity contribution in [3.05, 3.63) is 29.8 Å². The lowest BCUT2D eigenvalue weighted by Gasteiger charge is -2.04. The summed E-state index contributed by atoms with van der Waals surface area (Å²) in [4.78, 5) is 11.2. The zero-order chi connectivity index (χ0) is 12.6. The highest BCUT2D eigenvalue weighted by atomic mass is 127. The number of halogens is 3. The smallest absolute Gasteiger partial charge is 0.171 e. The van der Waals surface area contributed by atoms with Gasteiger partial charge < -0.3 is 0 Å². The molecule has 0 spiro atoms. The van der Waals surface area contributed by atoms with E-state index in [1.54, 1.807) is 11.3 Å². The molecule has 0 aliphatic carbocycles. The molecule has 0 atom stereocenters. The van der Waals surface area contributed by atoms with E-state index < -0.39 is 0 Å². The zero-order valence-electron chi connectivity index (χ0n) is 9.22. The van der Waals surface area contributed by atoms with Gasteiger partial charge in [0.15, 0.2) is 5.82 Å². The molecule has 0 aliphatic rings. The number of rotatable bonds is 2. The Kier molecular flexibility index (Phi) is 4.44. The van der Waals surface area contributed by atoms with Gasteiger partial charge in [-0.15, -0.1) is 11.3 Å². The average Bonchev–Trinajstić information content (AvgIpc) is 2.63. The van der Waals surface area contributed by atoms with Gasteiger partial charge in [-0.2, -0.15) is 0 Å². The van der Waals surface area contributed by atoms with E-state index in [0.29, 0.717) is 11.0 Å². The fourth-order valence-corrected chi connectivity index (χ4v) is 3.66. The Bertz CT molecular complexity index is 551. The molecule has 2 aromatic rings. The highest BCUT2D eigenvalue weighted by molar-refractivity contribution is 14.1. The highest BCUT2D eigenvalue weighted by Crippen LogP contribution is 2.33. The lowest BCUT2D eigenvalue weighted by molar-refractivity contribution is 0.992. The van der Waals surface area contributed by atoms with Gasteiger partial charge in [0.05, 0.1) is 14.1 Å². The first-order chi connectivity index (χ1) is 8.02. The Morgan fingerprint density at radius 1 is 1.47 bits per heavy atom. The molecule has 17 heavy (non-hydrogen) atoms. The van der Waals surface area contributed by atoms with Crippen molar-refractivity contribution in [2.45, 2.75) is 20.3 Å². The van der Waals surface area contributed by atoms with Gasteiger partial charge in [0.1, 0.15) is 5.15 Å². The van der Waals surface area contributed by atoms with Crippen LogP contribution >= 0.6 is 61.5 Å². The van der Waals surface area contributed by atoms with Crippen molar-refractivity contribution >= 4 is 61.5 Å². The summed E-state index contributed by atoms with van der Waals surface area (Å²) in [7, 11) is 0. The van der Waals surface area contributed by atoms with Crippen molar-refractivity contribution in [3.63, 3.8) is 0 Å². The summed E-state index contributed by atoms with van der Waals surface area (Å²) in [5, 5.41) is 0.537. The maximum atomic E-state index is 6.13. The Morgan fingerprint density at radius 3 is 2.71 bits per heavy atom. The maximum absolute atomic E-state index is 6.13. The maximum Gasteiger partial charge on any atom is 0.171 e. The topological polar surface area (TPSA) is 25.8 Å². The summed E-state index contributed by atoms with van der Waals surface area (Å²) in [6, 6.07) is 2.04. The predicted molar refractivity (Wildman–Crippen MR) is 84.9 cm³/mol. The first-order valence-electron chi connectivity index (χ1n) is 5.01. The van der Waals surface area contributed by atoms with Crippen LogP contribution in [0.15, 0.2) is 10.5 Å². The first-order valence-corrected chi connectivity index (χ1v) is 8.07. The fraction of sp³-hybridized carbons (Fsp3) is 0.273. The molecule has 90 valence electrons. The molecule has 0 fully saturated rings. The minimum absolute atomic E-state index is 0.537. The lowest BCUT2D eigenvalue weighted by Crippen LogP contribution is -1.98. The summed E-state index contributed by atoms with van der Waals surface area (Å²) < 4.78 is 2.04. The third kappa shape index (κ3) is 2.83. The van der Waals surface area contributed by atoms with Crippen LogP contribution in [0.25, 0.3) is 10.7 Å². The van der Waals surface area contributed by atoms with Gasteiger partial charge >= 0.3 is 0 Å². The van der Waals surface area contributed by atoms with E-state index in [4.69, 9.17) is 11.6 Å². The monoisotopic (exact) mass is 442 g/mol. The number of hydrogen-bond donors (Lipinski definition) is 0. The van der Waals surface area contributed by atoms with Crippen molar-refractivity contribution in [2.75, 3.05) is 0 Å². The third-order valence-electron chi connectivity index (χ3n) is 2.29. The minimum Gasteiger partial charge on any atom is -0.231 e. The van der Waals surface area contributed by atoms with Crippen LogP contribution in [0.3, 0.4) is 0 Å². The molecule has 2 nitrogen and oxygen atoms in total. The molecule has 2 heterocycles. The molecule has 6 heteroatoms. The van der Waals surface area contributed by atoms with Crippen LogP contribution in [-0.4, -0.2) is 9.97 Å². The van der Waals surface area contributed by atoms with Crippen LogP contribution in [0, 0.1) is 10.5 Å². The zero-order valence-corrected chi connectivity index (χ0v) is 14.5. The fourth-order valence-electron chi connectivity index (χ4n) is 1.38. The normalized spacial score (nSPS) is 10.9. The first kappa shape index (κ1) is 13.7. The van der Waals surface area contributed by atoms with Crippen molar-refractivity contribution in [2.24, 2.45) is 0 Å². The molecule has 0 saturated heterocycles. The molecule has 0 aliphatic heterocycles. The van der Waals surface area contributed by atoms with E-state index >= 15 is 0 Å². The predicted octanol–water partition coefficient (Wildman–Crippen LogP) is 5.10. The van der Waals surface area contributed by atoms with Gasteiger partial charge in [0.2, 0.25) is 0 Å². The van der Waals surface area contributed by atoms with Crippen molar-refractivity contribution < 1.29 is 0 Å². The van der Waals surface area contributed by atoms with Crippen LogP contribution in [0.2, 0.25) is 5.15 Å². The van der Waals surface area contributed by atoms with E-state index in [2.05, 4.69) is 62.3 Å². The Hall–Kier alpha value is 0.280. The van der Waals surface area contributed by atoms with Crippen LogP contribution in [0.5, 0.6) is 0 Å². The number of hydrogen-bond acceptors (Lipinski definition) is 3. The Labute approximate surface area is 131 Å². The number of aromatic nitrogens is 2. The van der Waals surface area contributed by atoms with E-state index in [1.165, 1.54) is 4.88 Å². The van der Waals surface area contributed by atoms with Gasteiger partial charge in [-0.05, 0) is 57.9 Å². The van der Waals surface area contributed by atoms with Gasteiger partial charge in [-0.1, -0.05) is 18.5 Å². The molecule has 0 saturated carbocycles. The number of aryl methyl sites for hydroxylation is 2. The van der Waals surface area contributed by atoms with Crippen LogP contribution in [0.1, 0.15) is 17.5 Å². The molecular formula is C11H9BrClIN2S. The standard InChI is InChI=1S/C11H9BrClIN2S/c1-3-7-9(14)10(13)16-11(15-7)8-4-6(12)5(2)17-8/h4H,3H2,1-2H3. The second kappa shape index (κ2) is 5.50. The lowest BCUT2D eigenvalue weighted by atomic mass is 10.3. The molecule has 0 radical (unpaired) electrons. The largest absolute Gasteiger partial charge is 0.231 e. The van der Waals surface area contributed by atoms with E-state index in [9.17, 15) is 0 Å². The quantitative estimate of drug-likeness (QED) is 0.477. The molecule has 2 aromatic heterocycles. The van der Waals surface area contributed by atoms with Gasteiger partial charge in [0.25, 0.3) is 0 Å². The van der Waals surface area contributed by atoms with Crippen molar-refractivity contribution in [3.8, 4) is 10.7 Å². The second-order valence-electron chi connectivity index (χ2n) is 3.47. The Balaban J connectivity index is 2.56. The molecule has 2 rings (SSSR count). The van der Waals surface area contributed by atoms with Gasteiger partial charge in [-0.3, -0.25) is 0 Å². The van der Waals surface area contributed by atoms with Gasteiger partial charge in [-0.25, -0.2) is 9.97 Å². The van der Waals surface area contributed by atoms with Crippen LogP contribution in [-0.2, 0) is 6.42 Å². The average molecular weight is 444 g/mol. The third-order valence-corrected chi connectivity index (χ3v) is 6.15. The molecule has 0 bridgehead atoms. The summed E-state index contributed by atoms with van der Waals surface area (Å²) in [5.74, 6) is 0.714. The summed E-state index contributed by atoms with van der Waals surface area (Å²) in [6.07, 6.45) is 0.860. The summed E-state index contributed by atoms with van der Waals surface area (Å²) in [6.45, 7) is 4.13. The van der Waals surface area contributed by atoms with E-state index in [-0.39, 0.29) is 0 Å².